The molecular weight excluding hydrogens is 318 g/mol. The first-order valence-electron chi connectivity index (χ1n) is 7.13. The lowest BCUT2D eigenvalue weighted by atomic mass is 10.1. The van der Waals surface area contributed by atoms with Gasteiger partial charge in [-0.1, -0.05) is 12.1 Å². The van der Waals surface area contributed by atoms with E-state index < -0.39 is 6.61 Å². The quantitative estimate of drug-likeness (QED) is 0.853. The first-order chi connectivity index (χ1) is 11.4. The lowest BCUT2D eigenvalue weighted by molar-refractivity contribution is -0.119. The number of hydrogen-bond donors (Lipinski definition) is 2. The van der Waals surface area contributed by atoms with Gasteiger partial charge in [0.25, 0.3) is 5.91 Å². The van der Waals surface area contributed by atoms with Crippen LogP contribution in [-0.2, 0) is 11.3 Å². The van der Waals surface area contributed by atoms with Crippen LogP contribution < -0.4 is 15.4 Å². The molecule has 7 heteroatoms. The topological polar surface area (TPSA) is 67.4 Å². The number of anilines is 1. The van der Waals surface area contributed by atoms with E-state index in [9.17, 15) is 18.4 Å². The zero-order valence-electron chi connectivity index (χ0n) is 12.9. The number of carbonyl (C=O) groups excluding carboxylic acids is 2. The Labute approximate surface area is 137 Å². The molecule has 0 radical (unpaired) electrons. The summed E-state index contributed by atoms with van der Waals surface area (Å²) in [6.07, 6.45) is 0. The van der Waals surface area contributed by atoms with E-state index in [4.69, 9.17) is 0 Å². The summed E-state index contributed by atoms with van der Waals surface area (Å²) in [5.74, 6) is -0.440. The van der Waals surface area contributed by atoms with E-state index in [-0.39, 0.29) is 17.6 Å². The van der Waals surface area contributed by atoms with Crippen LogP contribution in [0.4, 0.5) is 14.5 Å². The summed E-state index contributed by atoms with van der Waals surface area (Å²) in [6.45, 7) is -1.07. The third-order valence-electron chi connectivity index (χ3n) is 3.09. The molecule has 2 N–H and O–H groups in total. The van der Waals surface area contributed by atoms with Crippen molar-refractivity contribution in [2.24, 2.45) is 0 Å². The van der Waals surface area contributed by atoms with Gasteiger partial charge in [-0.15, -0.1) is 0 Å². The van der Waals surface area contributed by atoms with E-state index in [0.717, 1.165) is 5.56 Å². The summed E-state index contributed by atoms with van der Waals surface area (Å²) < 4.78 is 28.4. The highest BCUT2D eigenvalue weighted by Crippen LogP contribution is 2.18. The Morgan fingerprint density at radius 2 is 1.67 bits per heavy atom. The summed E-state index contributed by atoms with van der Waals surface area (Å²) in [5, 5.41) is 5.32. The minimum atomic E-state index is -2.89. The number of ether oxygens (including phenoxy) is 1. The number of rotatable bonds is 6. The predicted octanol–water partition coefficient (Wildman–Crippen LogP) is 3.18. The molecule has 24 heavy (non-hydrogen) atoms. The third-order valence-corrected chi connectivity index (χ3v) is 3.09. The number of alkyl halides is 2. The Hall–Kier alpha value is -2.96. The van der Waals surface area contributed by atoms with E-state index in [2.05, 4.69) is 15.4 Å². The number of benzene rings is 2. The van der Waals surface area contributed by atoms with Crippen LogP contribution in [0.3, 0.4) is 0 Å². The molecule has 0 bridgehead atoms. The number of halogens is 2. The number of hydrogen-bond acceptors (Lipinski definition) is 3. The number of amides is 2. The number of nitrogens with one attached hydrogen (secondary N) is 2. The third kappa shape index (κ3) is 5.35. The predicted molar refractivity (Wildman–Crippen MR) is 85.0 cm³/mol. The molecule has 0 unspecified atom stereocenters. The van der Waals surface area contributed by atoms with Crippen molar-refractivity contribution in [3.63, 3.8) is 0 Å². The zero-order valence-corrected chi connectivity index (χ0v) is 12.9. The summed E-state index contributed by atoms with van der Waals surface area (Å²) in [4.78, 5) is 23.0. The Morgan fingerprint density at radius 1 is 1.04 bits per heavy atom. The van der Waals surface area contributed by atoms with Crippen molar-refractivity contribution in [3.8, 4) is 5.75 Å². The minimum absolute atomic E-state index is 0.0188. The van der Waals surface area contributed by atoms with Gasteiger partial charge in [0.2, 0.25) is 5.91 Å². The molecule has 0 aliphatic carbocycles. The maximum absolute atomic E-state index is 12.1. The molecule has 0 spiro atoms. The molecule has 0 saturated carbocycles. The van der Waals surface area contributed by atoms with Gasteiger partial charge in [-0.2, -0.15) is 8.78 Å². The van der Waals surface area contributed by atoms with Crippen molar-refractivity contribution in [3.05, 3.63) is 59.7 Å². The highest BCUT2D eigenvalue weighted by Gasteiger charge is 2.08. The highest BCUT2D eigenvalue weighted by atomic mass is 19.3. The van der Waals surface area contributed by atoms with Crippen LogP contribution in [0.15, 0.2) is 48.5 Å². The second kappa shape index (κ2) is 8.05. The average Bonchev–Trinajstić information content (AvgIpc) is 2.54. The monoisotopic (exact) mass is 334 g/mol. The molecule has 2 aromatic carbocycles. The van der Waals surface area contributed by atoms with Gasteiger partial charge in [0.15, 0.2) is 0 Å². The number of carbonyl (C=O) groups is 2. The fourth-order valence-corrected chi connectivity index (χ4v) is 1.92. The van der Waals surface area contributed by atoms with E-state index in [1.165, 1.54) is 31.2 Å². The van der Waals surface area contributed by atoms with Crippen molar-refractivity contribution in [1.82, 2.24) is 5.32 Å². The maximum Gasteiger partial charge on any atom is 0.387 e. The Bertz CT molecular complexity index is 701. The molecule has 5 nitrogen and oxygen atoms in total. The molecule has 126 valence electrons. The molecule has 2 rings (SSSR count). The second-order valence-electron chi connectivity index (χ2n) is 4.96. The standard InChI is InChI=1S/C17H16F2N2O3/c1-11(22)20-10-12-2-4-13(5-3-12)16(23)21-14-6-8-15(9-7-14)24-17(18)19/h2-9,17H,10H2,1H3,(H,20,22)(H,21,23). The lowest BCUT2D eigenvalue weighted by Gasteiger charge is -2.08. The van der Waals surface area contributed by atoms with Gasteiger partial charge in [-0.25, -0.2) is 0 Å². The van der Waals surface area contributed by atoms with Crippen LogP contribution in [0.2, 0.25) is 0 Å². The van der Waals surface area contributed by atoms with Gasteiger partial charge in [0, 0.05) is 24.7 Å². The normalized spacial score (nSPS) is 10.3. The molecule has 0 atom stereocenters. The van der Waals surface area contributed by atoms with E-state index >= 15 is 0 Å². The molecule has 0 aliphatic rings. The fraction of sp³-hybridized carbons (Fsp3) is 0.176. The average molecular weight is 334 g/mol. The van der Waals surface area contributed by atoms with Crippen LogP contribution >= 0.6 is 0 Å². The van der Waals surface area contributed by atoms with Crippen molar-refractivity contribution < 1.29 is 23.1 Å². The first-order valence-corrected chi connectivity index (χ1v) is 7.13. The maximum atomic E-state index is 12.1. The lowest BCUT2D eigenvalue weighted by Crippen LogP contribution is -2.19. The molecule has 2 amide bonds. The van der Waals surface area contributed by atoms with Crippen LogP contribution in [0.1, 0.15) is 22.8 Å². The molecule has 0 aliphatic heterocycles. The van der Waals surface area contributed by atoms with Crippen LogP contribution in [0.25, 0.3) is 0 Å². The van der Waals surface area contributed by atoms with Crippen molar-refractivity contribution >= 4 is 17.5 Å². The van der Waals surface area contributed by atoms with Gasteiger partial charge in [-0.05, 0) is 42.0 Å². The highest BCUT2D eigenvalue weighted by molar-refractivity contribution is 6.04. The van der Waals surface area contributed by atoms with E-state index in [0.29, 0.717) is 17.8 Å². The smallest absolute Gasteiger partial charge is 0.387 e. The molecule has 0 fully saturated rings. The van der Waals surface area contributed by atoms with Gasteiger partial charge in [0.1, 0.15) is 5.75 Å². The summed E-state index contributed by atoms with van der Waals surface area (Å²) in [5.41, 5.74) is 1.77. The van der Waals surface area contributed by atoms with Crippen molar-refractivity contribution in [2.45, 2.75) is 20.1 Å². The summed E-state index contributed by atoms with van der Waals surface area (Å²) >= 11 is 0. The molecular formula is C17H16F2N2O3. The Balaban J connectivity index is 1.95. The minimum Gasteiger partial charge on any atom is -0.435 e. The molecule has 0 heterocycles. The summed E-state index contributed by atoms with van der Waals surface area (Å²) in [7, 11) is 0. The van der Waals surface area contributed by atoms with Crippen molar-refractivity contribution in [2.75, 3.05) is 5.32 Å². The second-order valence-corrected chi connectivity index (χ2v) is 4.96. The van der Waals surface area contributed by atoms with Gasteiger partial charge in [0.05, 0.1) is 0 Å². The molecule has 0 aromatic heterocycles. The first kappa shape index (κ1) is 17.4. The van der Waals surface area contributed by atoms with Crippen molar-refractivity contribution in [1.29, 1.82) is 0 Å². The fourth-order valence-electron chi connectivity index (χ4n) is 1.92. The van der Waals surface area contributed by atoms with Gasteiger partial charge >= 0.3 is 6.61 Å². The summed E-state index contributed by atoms with van der Waals surface area (Å²) in [6, 6.07) is 12.4. The van der Waals surface area contributed by atoms with Crippen LogP contribution in [-0.4, -0.2) is 18.4 Å². The van der Waals surface area contributed by atoms with Gasteiger partial charge in [-0.3, -0.25) is 9.59 Å². The van der Waals surface area contributed by atoms with E-state index in [1.54, 1.807) is 24.3 Å². The van der Waals surface area contributed by atoms with E-state index in [1.807, 2.05) is 0 Å². The Morgan fingerprint density at radius 3 is 2.21 bits per heavy atom. The SMILES string of the molecule is CC(=O)NCc1ccc(C(=O)Nc2ccc(OC(F)F)cc2)cc1. The largest absolute Gasteiger partial charge is 0.435 e. The zero-order chi connectivity index (χ0) is 17.5. The molecule has 0 saturated heterocycles. The van der Waals surface area contributed by atoms with Crippen LogP contribution in [0, 0.1) is 0 Å². The Kier molecular flexibility index (Phi) is 5.83. The molecule has 2 aromatic rings. The van der Waals surface area contributed by atoms with Gasteiger partial charge < -0.3 is 15.4 Å². The van der Waals surface area contributed by atoms with Crippen LogP contribution in [0.5, 0.6) is 5.75 Å².